The van der Waals surface area contributed by atoms with Crippen molar-refractivity contribution in [1.29, 1.82) is 0 Å². The molecule has 2 unspecified atom stereocenters. The molecule has 2 saturated heterocycles. The summed E-state index contributed by atoms with van der Waals surface area (Å²) in [5.41, 5.74) is 0.474. The summed E-state index contributed by atoms with van der Waals surface area (Å²) in [5, 5.41) is 0. The second kappa shape index (κ2) is 8.10. The number of likely N-dealkylation sites (tertiary alicyclic amines) is 1. The lowest BCUT2D eigenvalue weighted by Gasteiger charge is -2.40. The molecule has 2 aliphatic rings. The minimum absolute atomic E-state index is 0.0640. The molecule has 2 aliphatic heterocycles. The second-order valence-electron chi connectivity index (χ2n) is 7.58. The number of sulfonamides is 1. The van der Waals surface area contributed by atoms with Gasteiger partial charge in [0.25, 0.3) is 0 Å². The SMILES string of the molecule is CC(=O)c1ccc(S(=O)(=O)N2CCCCC2C(=O)N2CCCCC2C)cc1. The average molecular weight is 393 g/mol. The van der Waals surface area contributed by atoms with Crippen molar-refractivity contribution in [1.82, 2.24) is 9.21 Å². The first kappa shape index (κ1) is 20.0. The third kappa shape index (κ3) is 4.09. The number of piperidine rings is 2. The van der Waals surface area contributed by atoms with E-state index in [1.165, 1.54) is 35.5 Å². The number of hydrogen-bond acceptors (Lipinski definition) is 4. The largest absolute Gasteiger partial charge is 0.339 e. The van der Waals surface area contributed by atoms with Crippen LogP contribution in [0.5, 0.6) is 0 Å². The van der Waals surface area contributed by atoms with Crippen molar-refractivity contribution in [2.45, 2.75) is 69.4 Å². The number of nitrogens with zero attached hydrogens (tertiary/aromatic N) is 2. The molecule has 1 aromatic carbocycles. The van der Waals surface area contributed by atoms with Gasteiger partial charge in [0, 0.05) is 24.7 Å². The van der Waals surface area contributed by atoms with Gasteiger partial charge in [0.2, 0.25) is 15.9 Å². The van der Waals surface area contributed by atoms with Gasteiger partial charge in [0.15, 0.2) is 5.78 Å². The Hall–Kier alpha value is -1.73. The average Bonchev–Trinajstić information content (AvgIpc) is 2.68. The Kier molecular flexibility index (Phi) is 6.01. The molecule has 2 fully saturated rings. The predicted molar refractivity (Wildman–Crippen MR) is 103 cm³/mol. The summed E-state index contributed by atoms with van der Waals surface area (Å²) in [7, 11) is -3.78. The van der Waals surface area contributed by atoms with Crippen LogP contribution in [0.2, 0.25) is 0 Å². The maximum Gasteiger partial charge on any atom is 0.243 e. The molecule has 7 heteroatoms. The number of Topliss-reactive ketones (excluding diaryl/α,β-unsaturated/α-hetero) is 1. The molecule has 0 N–H and O–H groups in total. The lowest BCUT2D eigenvalue weighted by molar-refractivity contribution is -0.139. The summed E-state index contributed by atoms with van der Waals surface area (Å²) in [4.78, 5) is 26.6. The molecular weight excluding hydrogens is 364 g/mol. The van der Waals surface area contributed by atoms with Crippen LogP contribution in [0.15, 0.2) is 29.2 Å². The highest BCUT2D eigenvalue weighted by molar-refractivity contribution is 7.89. The third-order valence-electron chi connectivity index (χ3n) is 5.69. The van der Waals surface area contributed by atoms with Gasteiger partial charge in [-0.05, 0) is 58.1 Å². The Labute approximate surface area is 161 Å². The number of carbonyl (C=O) groups is 2. The Morgan fingerprint density at radius 1 is 0.963 bits per heavy atom. The van der Waals surface area contributed by atoms with Crippen molar-refractivity contribution in [3.8, 4) is 0 Å². The number of benzene rings is 1. The van der Waals surface area contributed by atoms with Crippen LogP contribution >= 0.6 is 0 Å². The van der Waals surface area contributed by atoms with Crippen LogP contribution in [0, 0.1) is 0 Å². The number of ketones is 1. The van der Waals surface area contributed by atoms with Gasteiger partial charge in [-0.15, -0.1) is 0 Å². The van der Waals surface area contributed by atoms with Gasteiger partial charge in [0.1, 0.15) is 6.04 Å². The van der Waals surface area contributed by atoms with Gasteiger partial charge >= 0.3 is 0 Å². The highest BCUT2D eigenvalue weighted by Crippen LogP contribution is 2.28. The zero-order valence-electron chi connectivity index (χ0n) is 16.1. The van der Waals surface area contributed by atoms with E-state index >= 15 is 0 Å². The van der Waals surface area contributed by atoms with E-state index in [2.05, 4.69) is 0 Å². The maximum atomic E-state index is 13.2. The van der Waals surface area contributed by atoms with Crippen LogP contribution in [0.3, 0.4) is 0 Å². The fourth-order valence-corrected chi connectivity index (χ4v) is 5.70. The zero-order valence-corrected chi connectivity index (χ0v) is 16.9. The highest BCUT2D eigenvalue weighted by atomic mass is 32.2. The fourth-order valence-electron chi connectivity index (χ4n) is 4.05. The Bertz CT molecular complexity index is 804. The van der Waals surface area contributed by atoms with Gasteiger partial charge in [0.05, 0.1) is 4.90 Å². The quantitative estimate of drug-likeness (QED) is 0.739. The smallest absolute Gasteiger partial charge is 0.243 e. The Morgan fingerprint density at radius 2 is 1.59 bits per heavy atom. The van der Waals surface area contributed by atoms with Crippen LogP contribution < -0.4 is 0 Å². The molecule has 2 atom stereocenters. The molecule has 0 aliphatic carbocycles. The van der Waals surface area contributed by atoms with Gasteiger partial charge in [-0.2, -0.15) is 4.31 Å². The highest BCUT2D eigenvalue weighted by Gasteiger charge is 2.40. The van der Waals surface area contributed by atoms with E-state index in [1.54, 1.807) is 0 Å². The summed E-state index contributed by atoms with van der Waals surface area (Å²) < 4.78 is 27.8. The first-order valence-electron chi connectivity index (χ1n) is 9.75. The number of carbonyl (C=O) groups excluding carboxylic acids is 2. The first-order valence-corrected chi connectivity index (χ1v) is 11.2. The van der Waals surface area contributed by atoms with Crippen LogP contribution in [0.4, 0.5) is 0 Å². The fraction of sp³-hybridized carbons (Fsp3) is 0.600. The standard InChI is InChI=1S/C20H28N2O4S/c1-15-7-3-5-13-21(15)20(24)19-8-4-6-14-22(19)27(25,26)18-11-9-17(10-12-18)16(2)23/h9-12,15,19H,3-8,13-14H2,1-2H3. The van der Waals surface area contributed by atoms with E-state index in [9.17, 15) is 18.0 Å². The van der Waals surface area contributed by atoms with Crippen LogP contribution in [-0.4, -0.2) is 54.5 Å². The van der Waals surface area contributed by atoms with E-state index in [0.29, 0.717) is 25.1 Å². The number of rotatable bonds is 4. The summed E-state index contributed by atoms with van der Waals surface area (Å²) in [5.74, 6) is -0.171. The van der Waals surface area contributed by atoms with Crippen molar-refractivity contribution in [3.63, 3.8) is 0 Å². The second-order valence-corrected chi connectivity index (χ2v) is 9.47. The molecule has 27 heavy (non-hydrogen) atoms. The number of hydrogen-bond donors (Lipinski definition) is 0. The van der Waals surface area contributed by atoms with Crippen molar-refractivity contribution < 1.29 is 18.0 Å². The minimum Gasteiger partial charge on any atom is -0.339 e. The van der Waals surface area contributed by atoms with Crippen LogP contribution in [0.25, 0.3) is 0 Å². The summed E-state index contributed by atoms with van der Waals surface area (Å²) in [6, 6.07) is 5.52. The van der Waals surface area contributed by atoms with Crippen LogP contribution in [0.1, 0.15) is 62.7 Å². The summed E-state index contributed by atoms with van der Waals surface area (Å²) >= 11 is 0. The van der Waals surface area contributed by atoms with E-state index in [1.807, 2.05) is 11.8 Å². The molecule has 2 heterocycles. The molecule has 0 saturated carbocycles. The Balaban J connectivity index is 1.87. The van der Waals surface area contributed by atoms with Gasteiger partial charge < -0.3 is 4.90 Å². The van der Waals surface area contributed by atoms with Crippen molar-refractivity contribution in [2.75, 3.05) is 13.1 Å². The molecule has 0 radical (unpaired) electrons. The molecular formula is C20H28N2O4S. The molecule has 148 valence electrons. The van der Waals surface area contributed by atoms with Crippen molar-refractivity contribution in [2.24, 2.45) is 0 Å². The van der Waals surface area contributed by atoms with Crippen molar-refractivity contribution >= 4 is 21.7 Å². The van der Waals surface area contributed by atoms with Gasteiger partial charge in [-0.3, -0.25) is 9.59 Å². The lowest BCUT2D eigenvalue weighted by atomic mass is 9.99. The normalized spacial score (nSPS) is 24.6. The molecule has 0 spiro atoms. The third-order valence-corrected chi connectivity index (χ3v) is 7.61. The summed E-state index contributed by atoms with van der Waals surface area (Å²) in [6.07, 6.45) is 5.23. The predicted octanol–water partition coefficient (Wildman–Crippen LogP) is 2.83. The van der Waals surface area contributed by atoms with E-state index in [-0.39, 0.29) is 22.6 Å². The van der Waals surface area contributed by atoms with Crippen LogP contribution in [-0.2, 0) is 14.8 Å². The molecule has 1 amide bonds. The van der Waals surface area contributed by atoms with E-state index in [0.717, 1.165) is 32.1 Å². The van der Waals surface area contributed by atoms with E-state index < -0.39 is 16.1 Å². The van der Waals surface area contributed by atoms with E-state index in [4.69, 9.17) is 0 Å². The molecule has 6 nitrogen and oxygen atoms in total. The maximum absolute atomic E-state index is 13.2. The number of amides is 1. The van der Waals surface area contributed by atoms with Gasteiger partial charge in [-0.25, -0.2) is 8.42 Å². The minimum atomic E-state index is -3.78. The topological polar surface area (TPSA) is 74.8 Å². The zero-order chi connectivity index (χ0) is 19.6. The summed E-state index contributed by atoms with van der Waals surface area (Å²) in [6.45, 7) is 4.55. The van der Waals surface area contributed by atoms with Crippen molar-refractivity contribution in [3.05, 3.63) is 29.8 Å². The molecule has 0 bridgehead atoms. The molecule has 0 aromatic heterocycles. The monoisotopic (exact) mass is 392 g/mol. The molecule has 3 rings (SSSR count). The lowest BCUT2D eigenvalue weighted by Crippen LogP contribution is -2.55. The first-order chi connectivity index (χ1) is 12.8. The van der Waals surface area contributed by atoms with Gasteiger partial charge in [-0.1, -0.05) is 18.6 Å². The molecule has 1 aromatic rings. The Morgan fingerprint density at radius 3 is 2.22 bits per heavy atom.